The van der Waals surface area contributed by atoms with Crippen molar-refractivity contribution in [2.24, 2.45) is 0 Å². The third kappa shape index (κ3) is 10.4. The number of pyridine rings is 1. The van der Waals surface area contributed by atoms with Gasteiger partial charge in [-0.05, 0) is 74.0 Å². The monoisotopic (exact) mass is 555 g/mol. The highest BCUT2D eigenvalue weighted by Crippen LogP contribution is 2.20. The zero-order chi connectivity index (χ0) is 27.9. The van der Waals surface area contributed by atoms with Crippen molar-refractivity contribution in [2.75, 3.05) is 45.7 Å². The Hall–Kier alpha value is -3.31. The number of nitrogens with one attached hydrogen (secondary N) is 1. The van der Waals surface area contributed by atoms with Crippen LogP contribution in [0.15, 0.2) is 77.8 Å². The first-order valence-corrected chi connectivity index (χ1v) is 14.7. The van der Waals surface area contributed by atoms with E-state index in [1.54, 1.807) is 43.1 Å². The summed E-state index contributed by atoms with van der Waals surface area (Å²) < 4.78 is 36.7. The van der Waals surface area contributed by atoms with Crippen LogP contribution in [0.4, 0.5) is 0 Å². The van der Waals surface area contributed by atoms with Gasteiger partial charge in [-0.3, -0.25) is 15.0 Å². The van der Waals surface area contributed by atoms with Gasteiger partial charge in [0.2, 0.25) is 5.91 Å². The largest absolute Gasteiger partial charge is 0.493 e. The maximum Gasteiger partial charge on any atom is 0.243 e. The van der Waals surface area contributed by atoms with Crippen LogP contribution in [0, 0.1) is 0 Å². The fraction of sp³-hybridized carbons (Fsp3) is 0.379. The Bertz CT molecular complexity index is 1250. The predicted molar refractivity (Wildman–Crippen MR) is 149 cm³/mol. The fourth-order valence-corrected chi connectivity index (χ4v) is 5.42. The molecule has 9 nitrogen and oxygen atoms in total. The Labute approximate surface area is 230 Å². The number of methoxy groups -OCH3 is 1. The van der Waals surface area contributed by atoms with Gasteiger partial charge in [-0.2, -0.15) is 0 Å². The van der Waals surface area contributed by atoms with Gasteiger partial charge in [0.25, 0.3) is 0 Å². The number of amides is 1. The zero-order valence-corrected chi connectivity index (χ0v) is 23.1. The lowest BCUT2D eigenvalue weighted by Crippen LogP contribution is -2.31. The van der Waals surface area contributed by atoms with Crippen molar-refractivity contribution in [2.45, 2.75) is 30.6 Å². The topological polar surface area (TPSA) is 118 Å². The van der Waals surface area contributed by atoms with Gasteiger partial charge in [-0.25, -0.2) is 13.9 Å². The van der Waals surface area contributed by atoms with Crippen LogP contribution in [0.1, 0.15) is 24.8 Å². The molecule has 3 aromatic rings. The number of carbonyl (C=O) groups is 1. The van der Waals surface area contributed by atoms with E-state index < -0.39 is 15.7 Å². The lowest BCUT2D eigenvalue weighted by atomic mass is 10.1. The molecular weight excluding hydrogens is 518 g/mol. The van der Waals surface area contributed by atoms with E-state index >= 15 is 0 Å². The second-order valence-corrected chi connectivity index (χ2v) is 11.2. The third-order valence-electron chi connectivity index (χ3n) is 6.23. The molecule has 0 spiro atoms. The number of ether oxygens (including phenoxy) is 2. The van der Waals surface area contributed by atoms with E-state index in [-0.39, 0.29) is 17.1 Å². The molecule has 0 aliphatic carbocycles. The van der Waals surface area contributed by atoms with Gasteiger partial charge in [0, 0.05) is 38.3 Å². The molecule has 0 saturated heterocycles. The molecule has 0 unspecified atom stereocenters. The van der Waals surface area contributed by atoms with Crippen molar-refractivity contribution >= 4 is 15.7 Å². The van der Waals surface area contributed by atoms with Crippen molar-refractivity contribution in [1.29, 1.82) is 0 Å². The number of benzene rings is 2. The van der Waals surface area contributed by atoms with E-state index in [1.807, 2.05) is 36.4 Å². The molecule has 1 amide bonds. The minimum Gasteiger partial charge on any atom is -0.493 e. The second kappa shape index (κ2) is 15.9. The first kappa shape index (κ1) is 30.2. The molecule has 39 heavy (non-hydrogen) atoms. The van der Waals surface area contributed by atoms with Crippen LogP contribution in [-0.4, -0.2) is 75.1 Å². The molecule has 0 saturated carbocycles. The molecule has 0 atom stereocenters. The van der Waals surface area contributed by atoms with Gasteiger partial charge in [-0.1, -0.05) is 24.3 Å². The minimum absolute atomic E-state index is 0.0143. The maximum absolute atomic E-state index is 12.9. The summed E-state index contributed by atoms with van der Waals surface area (Å²) in [6, 6.07) is 20.6. The van der Waals surface area contributed by atoms with Crippen LogP contribution >= 0.6 is 0 Å². The summed E-state index contributed by atoms with van der Waals surface area (Å²) >= 11 is 0. The lowest BCUT2D eigenvalue weighted by molar-refractivity contribution is -0.129. The van der Waals surface area contributed by atoms with Gasteiger partial charge in [0.1, 0.15) is 5.75 Å². The summed E-state index contributed by atoms with van der Waals surface area (Å²) in [5.41, 5.74) is 4.73. The van der Waals surface area contributed by atoms with Crippen LogP contribution in [-0.2, 0) is 25.8 Å². The van der Waals surface area contributed by atoms with E-state index in [2.05, 4.69) is 16.0 Å². The molecular formula is C29H37N3O6S. The van der Waals surface area contributed by atoms with Crippen molar-refractivity contribution in [1.82, 2.24) is 15.4 Å². The van der Waals surface area contributed by atoms with Gasteiger partial charge in [-0.15, -0.1) is 0 Å². The molecule has 1 heterocycles. The summed E-state index contributed by atoms with van der Waals surface area (Å²) in [5, 5.41) is 8.62. The first-order valence-electron chi connectivity index (χ1n) is 13.0. The van der Waals surface area contributed by atoms with E-state index in [0.29, 0.717) is 57.9 Å². The molecule has 0 aliphatic heterocycles. The Morgan fingerprint density at radius 2 is 1.77 bits per heavy atom. The van der Waals surface area contributed by atoms with Crippen molar-refractivity contribution in [3.8, 4) is 17.0 Å². The molecule has 0 fully saturated rings. The SMILES string of the molecule is COCCN(CCCC(=O)NO)CCCS(=O)(=O)c1ccc(OCCc2cccc(-c3ccccn3)c2)cc1. The lowest BCUT2D eigenvalue weighted by Gasteiger charge is -2.21. The Balaban J connectivity index is 1.46. The summed E-state index contributed by atoms with van der Waals surface area (Å²) in [5.74, 6) is 0.194. The van der Waals surface area contributed by atoms with E-state index in [9.17, 15) is 13.2 Å². The average molecular weight is 556 g/mol. The van der Waals surface area contributed by atoms with E-state index in [4.69, 9.17) is 14.7 Å². The van der Waals surface area contributed by atoms with Crippen molar-refractivity contribution in [3.63, 3.8) is 0 Å². The molecule has 3 rings (SSSR count). The van der Waals surface area contributed by atoms with E-state index in [0.717, 1.165) is 16.8 Å². The molecule has 0 radical (unpaired) electrons. The number of carbonyl (C=O) groups excluding carboxylic acids is 1. The van der Waals surface area contributed by atoms with E-state index in [1.165, 1.54) is 0 Å². The highest BCUT2D eigenvalue weighted by Gasteiger charge is 2.16. The summed E-state index contributed by atoms with van der Waals surface area (Å²) in [6.45, 7) is 2.78. The summed E-state index contributed by atoms with van der Waals surface area (Å²) in [6.07, 6.45) is 3.70. The number of hydroxylamine groups is 1. The van der Waals surface area contributed by atoms with Gasteiger partial charge >= 0.3 is 0 Å². The Kier molecular flexibility index (Phi) is 12.4. The van der Waals surface area contributed by atoms with Crippen LogP contribution < -0.4 is 10.2 Å². The number of hydrogen-bond donors (Lipinski definition) is 2. The van der Waals surface area contributed by atoms with Gasteiger partial charge in [0.05, 0.1) is 29.6 Å². The average Bonchev–Trinajstić information content (AvgIpc) is 2.96. The van der Waals surface area contributed by atoms with Crippen LogP contribution in [0.3, 0.4) is 0 Å². The molecule has 2 N–H and O–H groups in total. The fourth-order valence-electron chi connectivity index (χ4n) is 4.12. The molecule has 10 heteroatoms. The van der Waals surface area contributed by atoms with Gasteiger partial charge < -0.3 is 14.4 Å². The van der Waals surface area contributed by atoms with Crippen molar-refractivity contribution in [3.05, 3.63) is 78.5 Å². The molecule has 2 aromatic carbocycles. The third-order valence-corrected chi connectivity index (χ3v) is 8.05. The number of sulfone groups is 1. The molecule has 0 aliphatic rings. The Morgan fingerprint density at radius 1 is 0.974 bits per heavy atom. The Morgan fingerprint density at radius 3 is 2.49 bits per heavy atom. The van der Waals surface area contributed by atoms with Gasteiger partial charge in [0.15, 0.2) is 9.84 Å². The quantitative estimate of drug-likeness (QED) is 0.191. The van der Waals surface area contributed by atoms with Crippen molar-refractivity contribution < 1.29 is 27.9 Å². The molecule has 210 valence electrons. The summed E-state index contributed by atoms with van der Waals surface area (Å²) in [7, 11) is -1.83. The minimum atomic E-state index is -3.44. The summed E-state index contributed by atoms with van der Waals surface area (Å²) in [4.78, 5) is 17.9. The molecule has 0 bridgehead atoms. The normalized spacial score (nSPS) is 11.5. The molecule has 1 aromatic heterocycles. The first-order chi connectivity index (χ1) is 18.9. The smallest absolute Gasteiger partial charge is 0.243 e. The van der Waals surface area contributed by atoms with Crippen LogP contribution in [0.5, 0.6) is 5.75 Å². The maximum atomic E-state index is 12.9. The zero-order valence-electron chi connectivity index (χ0n) is 22.3. The number of hydrogen-bond acceptors (Lipinski definition) is 8. The number of aromatic nitrogens is 1. The number of rotatable bonds is 17. The van der Waals surface area contributed by atoms with Crippen LogP contribution in [0.25, 0.3) is 11.3 Å². The second-order valence-electron chi connectivity index (χ2n) is 9.13. The predicted octanol–water partition coefficient (Wildman–Crippen LogP) is 3.77. The van der Waals surface area contributed by atoms with Crippen LogP contribution in [0.2, 0.25) is 0 Å². The number of nitrogens with zero attached hydrogens (tertiary/aromatic N) is 2. The highest BCUT2D eigenvalue weighted by molar-refractivity contribution is 7.91. The highest BCUT2D eigenvalue weighted by atomic mass is 32.2. The standard InChI is InChI=1S/C29H37N3O6S/c1-37-21-19-32(17-5-10-29(33)31-34)18-6-22-39(35,36)27-13-11-26(12-14-27)38-20-15-24-7-4-8-25(23-24)28-9-2-3-16-30-28/h2-4,7-9,11-14,16,23,34H,5-6,10,15,17-22H2,1H3,(H,31,33).